The van der Waals surface area contributed by atoms with Gasteiger partial charge < -0.3 is 14.8 Å². The van der Waals surface area contributed by atoms with Gasteiger partial charge in [0.25, 0.3) is 0 Å². The average Bonchev–Trinajstić information content (AvgIpc) is 3.04. The second-order valence-corrected chi connectivity index (χ2v) is 6.88. The number of para-hydroxylation sites is 1. The van der Waals surface area contributed by atoms with E-state index in [9.17, 15) is 4.79 Å². The van der Waals surface area contributed by atoms with Crippen molar-refractivity contribution in [3.8, 4) is 0 Å². The van der Waals surface area contributed by atoms with Crippen LogP contribution in [0, 0.1) is 0 Å². The van der Waals surface area contributed by atoms with Gasteiger partial charge in [-0.15, -0.1) is 0 Å². The summed E-state index contributed by atoms with van der Waals surface area (Å²) < 4.78 is 2.16. The number of carbonyl (C=O) groups excluding carboxylic acids is 1. The minimum absolute atomic E-state index is 0.0129. The van der Waals surface area contributed by atoms with Gasteiger partial charge in [-0.1, -0.05) is 30.3 Å². The maximum absolute atomic E-state index is 12.4. The third-order valence-corrected chi connectivity index (χ3v) is 5.04. The Hall–Kier alpha value is -2.79. The zero-order valence-corrected chi connectivity index (χ0v) is 15.1. The number of benzene rings is 2. The first-order chi connectivity index (χ1) is 12.7. The summed E-state index contributed by atoms with van der Waals surface area (Å²) >= 11 is 0. The van der Waals surface area contributed by atoms with E-state index in [1.807, 2.05) is 35.2 Å². The molecule has 26 heavy (non-hydrogen) atoms. The van der Waals surface area contributed by atoms with Gasteiger partial charge in [-0.2, -0.15) is 0 Å². The Bertz CT molecular complexity index is 895. The zero-order chi connectivity index (χ0) is 17.9. The number of rotatable bonds is 3. The number of anilines is 1. The number of aromatic nitrogens is 1. The molecule has 1 aliphatic heterocycles. The lowest BCUT2D eigenvalue weighted by Gasteiger charge is -2.34. The lowest BCUT2D eigenvalue weighted by atomic mass is 10.1. The van der Waals surface area contributed by atoms with Gasteiger partial charge in [-0.3, -0.25) is 4.90 Å². The molecule has 2 heterocycles. The molecule has 5 heteroatoms. The highest BCUT2D eigenvalue weighted by molar-refractivity contribution is 5.89. The highest BCUT2D eigenvalue weighted by Gasteiger charge is 2.21. The van der Waals surface area contributed by atoms with Crippen LogP contribution in [0.25, 0.3) is 10.9 Å². The molecule has 4 rings (SSSR count). The topological polar surface area (TPSA) is 40.5 Å². The summed E-state index contributed by atoms with van der Waals surface area (Å²) in [6.07, 6.45) is 2.10. The number of nitrogens with one attached hydrogen (secondary N) is 1. The molecule has 0 saturated carbocycles. The van der Waals surface area contributed by atoms with Crippen LogP contribution in [0.2, 0.25) is 0 Å². The molecule has 2 aromatic carbocycles. The molecule has 0 aliphatic carbocycles. The minimum atomic E-state index is -0.0129. The summed E-state index contributed by atoms with van der Waals surface area (Å²) in [5.74, 6) is 0. The highest BCUT2D eigenvalue weighted by atomic mass is 16.2. The lowest BCUT2D eigenvalue weighted by Crippen LogP contribution is -2.49. The molecule has 134 valence electrons. The molecule has 3 aromatic rings. The first kappa shape index (κ1) is 16.7. The molecule has 1 N–H and O–H groups in total. The number of hydrogen-bond donors (Lipinski definition) is 1. The van der Waals surface area contributed by atoms with E-state index < -0.39 is 0 Å². The molecule has 0 radical (unpaired) electrons. The zero-order valence-electron chi connectivity index (χ0n) is 15.1. The van der Waals surface area contributed by atoms with E-state index in [1.165, 1.54) is 16.5 Å². The summed E-state index contributed by atoms with van der Waals surface area (Å²) in [6, 6.07) is 18.4. The van der Waals surface area contributed by atoms with Gasteiger partial charge in [0.2, 0.25) is 0 Å². The van der Waals surface area contributed by atoms with Crippen LogP contribution in [0.1, 0.15) is 5.56 Å². The molecule has 1 fully saturated rings. The van der Waals surface area contributed by atoms with Crippen LogP contribution in [0.3, 0.4) is 0 Å². The van der Waals surface area contributed by atoms with E-state index in [-0.39, 0.29) is 6.03 Å². The largest absolute Gasteiger partial charge is 0.351 e. The fourth-order valence-electron chi connectivity index (χ4n) is 3.50. The number of aryl methyl sites for hydroxylation is 1. The predicted molar refractivity (Wildman–Crippen MR) is 105 cm³/mol. The molecule has 0 atom stereocenters. The molecular formula is C21H24N4O. The summed E-state index contributed by atoms with van der Waals surface area (Å²) in [4.78, 5) is 16.7. The van der Waals surface area contributed by atoms with Crippen molar-refractivity contribution in [2.45, 2.75) is 6.54 Å². The minimum Gasteiger partial charge on any atom is -0.351 e. The van der Waals surface area contributed by atoms with Crippen molar-refractivity contribution >= 4 is 22.6 Å². The summed E-state index contributed by atoms with van der Waals surface area (Å²) in [5.41, 5.74) is 3.43. The maximum Gasteiger partial charge on any atom is 0.321 e. The number of carbonyl (C=O) groups is 1. The van der Waals surface area contributed by atoms with Crippen LogP contribution < -0.4 is 5.32 Å². The lowest BCUT2D eigenvalue weighted by molar-refractivity contribution is 0.143. The monoisotopic (exact) mass is 348 g/mol. The second-order valence-electron chi connectivity index (χ2n) is 6.88. The third kappa shape index (κ3) is 3.58. The van der Waals surface area contributed by atoms with Crippen molar-refractivity contribution in [1.82, 2.24) is 14.4 Å². The Morgan fingerprint density at radius 1 is 1.00 bits per heavy atom. The van der Waals surface area contributed by atoms with Crippen LogP contribution in [0.5, 0.6) is 0 Å². The second kappa shape index (κ2) is 7.22. The first-order valence-corrected chi connectivity index (χ1v) is 9.06. The summed E-state index contributed by atoms with van der Waals surface area (Å²) in [5, 5.41) is 4.24. The molecule has 5 nitrogen and oxygen atoms in total. The van der Waals surface area contributed by atoms with E-state index in [0.717, 1.165) is 38.4 Å². The van der Waals surface area contributed by atoms with E-state index >= 15 is 0 Å². The van der Waals surface area contributed by atoms with Crippen molar-refractivity contribution < 1.29 is 4.79 Å². The van der Waals surface area contributed by atoms with E-state index in [1.54, 1.807) is 0 Å². The van der Waals surface area contributed by atoms with Gasteiger partial charge in [0.1, 0.15) is 0 Å². The Balaban J connectivity index is 1.32. The molecule has 1 aromatic heterocycles. The maximum atomic E-state index is 12.4. The molecule has 0 bridgehead atoms. The Morgan fingerprint density at radius 3 is 2.54 bits per heavy atom. The Labute approximate surface area is 153 Å². The Kier molecular flexibility index (Phi) is 4.63. The first-order valence-electron chi connectivity index (χ1n) is 9.06. The number of amides is 2. The van der Waals surface area contributed by atoms with Gasteiger partial charge >= 0.3 is 6.03 Å². The van der Waals surface area contributed by atoms with Gasteiger partial charge in [0, 0.05) is 57.2 Å². The predicted octanol–water partition coefficient (Wildman–Crippen LogP) is 3.53. The van der Waals surface area contributed by atoms with E-state index in [0.29, 0.717) is 0 Å². The van der Waals surface area contributed by atoms with Crippen molar-refractivity contribution in [2.24, 2.45) is 7.05 Å². The number of urea groups is 1. The van der Waals surface area contributed by atoms with Crippen molar-refractivity contribution in [3.63, 3.8) is 0 Å². The average molecular weight is 348 g/mol. The fourth-order valence-corrected chi connectivity index (χ4v) is 3.50. The molecule has 2 amide bonds. The van der Waals surface area contributed by atoms with Gasteiger partial charge in [0.05, 0.1) is 0 Å². The van der Waals surface area contributed by atoms with E-state index in [2.05, 4.69) is 52.3 Å². The van der Waals surface area contributed by atoms with Crippen LogP contribution in [0.15, 0.2) is 60.8 Å². The molecule has 0 unspecified atom stereocenters. The van der Waals surface area contributed by atoms with Gasteiger partial charge in [-0.05, 0) is 35.2 Å². The Morgan fingerprint density at radius 2 is 1.77 bits per heavy atom. The molecule has 1 saturated heterocycles. The number of fused-ring (bicyclic) bond motifs is 1. The van der Waals surface area contributed by atoms with Gasteiger partial charge in [0.15, 0.2) is 0 Å². The number of piperazine rings is 1. The number of hydrogen-bond acceptors (Lipinski definition) is 2. The van der Waals surface area contributed by atoms with Crippen LogP contribution >= 0.6 is 0 Å². The molecule has 0 spiro atoms. The smallest absolute Gasteiger partial charge is 0.321 e. The van der Waals surface area contributed by atoms with Crippen LogP contribution in [0.4, 0.5) is 10.5 Å². The van der Waals surface area contributed by atoms with Crippen LogP contribution in [-0.2, 0) is 13.6 Å². The standard InChI is InChI=1S/C21H24N4O/c1-23-10-9-18-8-7-17(15-20(18)23)16-24-11-13-25(14-12-24)21(26)22-19-5-3-2-4-6-19/h2-10,15H,11-14,16H2,1H3,(H,22,26). The SMILES string of the molecule is Cn1ccc2ccc(CN3CCN(C(=O)Nc4ccccc4)CC3)cc21. The molecular weight excluding hydrogens is 324 g/mol. The normalized spacial score (nSPS) is 15.3. The van der Waals surface area contributed by atoms with Crippen LogP contribution in [-0.4, -0.2) is 46.6 Å². The summed E-state index contributed by atoms with van der Waals surface area (Å²) in [7, 11) is 2.08. The third-order valence-electron chi connectivity index (χ3n) is 5.04. The van der Waals surface area contributed by atoms with Crippen molar-refractivity contribution in [2.75, 3.05) is 31.5 Å². The van der Waals surface area contributed by atoms with Gasteiger partial charge in [-0.25, -0.2) is 4.79 Å². The van der Waals surface area contributed by atoms with Crippen molar-refractivity contribution in [1.29, 1.82) is 0 Å². The quantitative estimate of drug-likeness (QED) is 0.787. The van der Waals surface area contributed by atoms with Crippen molar-refractivity contribution in [3.05, 3.63) is 66.4 Å². The molecule has 1 aliphatic rings. The number of nitrogens with zero attached hydrogens (tertiary/aromatic N) is 3. The summed E-state index contributed by atoms with van der Waals surface area (Å²) in [6.45, 7) is 4.23. The fraction of sp³-hybridized carbons (Fsp3) is 0.286. The highest BCUT2D eigenvalue weighted by Crippen LogP contribution is 2.18. The van der Waals surface area contributed by atoms with E-state index in [4.69, 9.17) is 0 Å².